The van der Waals surface area contributed by atoms with Gasteiger partial charge in [-0.1, -0.05) is 0 Å². The number of rotatable bonds is 4. The second kappa shape index (κ2) is 7.78. The van der Waals surface area contributed by atoms with Crippen molar-refractivity contribution < 1.29 is 13.9 Å². The van der Waals surface area contributed by atoms with E-state index in [0.717, 1.165) is 11.4 Å². The summed E-state index contributed by atoms with van der Waals surface area (Å²) >= 11 is 0. The predicted molar refractivity (Wildman–Crippen MR) is 91.0 cm³/mol. The molecular weight excluding hydrogens is 325 g/mol. The summed E-state index contributed by atoms with van der Waals surface area (Å²) in [6, 6.07) is 6.45. The number of carbonyl (C=O) groups excluding carboxylic acids is 1. The predicted octanol–water partition coefficient (Wildman–Crippen LogP) is 1.66. The van der Waals surface area contributed by atoms with Gasteiger partial charge in [-0.05, 0) is 18.2 Å². The standard InChI is InChI=1S/C17H20FN5O2/c1-25-16-10-14(2-3-15(16)18)22-6-8-23(9-7-22)17(24)20-11-13-4-5-19-12-21-13/h2-5,10,12H,6-9,11H2,1H3,(H,20,24). The van der Waals surface area contributed by atoms with E-state index in [1.807, 2.05) is 0 Å². The fourth-order valence-electron chi connectivity index (χ4n) is 2.71. The third-order valence-corrected chi connectivity index (χ3v) is 4.13. The van der Waals surface area contributed by atoms with Crippen LogP contribution in [0.1, 0.15) is 5.69 Å². The average Bonchev–Trinajstić information content (AvgIpc) is 2.67. The van der Waals surface area contributed by atoms with Gasteiger partial charge in [-0.3, -0.25) is 0 Å². The number of hydrogen-bond acceptors (Lipinski definition) is 5. The van der Waals surface area contributed by atoms with Crippen molar-refractivity contribution in [3.8, 4) is 5.75 Å². The van der Waals surface area contributed by atoms with Crippen LogP contribution in [-0.4, -0.2) is 54.2 Å². The van der Waals surface area contributed by atoms with E-state index in [1.165, 1.54) is 19.5 Å². The Morgan fingerprint density at radius 2 is 2.08 bits per heavy atom. The van der Waals surface area contributed by atoms with Crippen LogP contribution in [0.15, 0.2) is 36.8 Å². The summed E-state index contributed by atoms with van der Waals surface area (Å²) in [6.07, 6.45) is 3.10. The number of methoxy groups -OCH3 is 1. The fraction of sp³-hybridized carbons (Fsp3) is 0.353. The van der Waals surface area contributed by atoms with Crippen molar-refractivity contribution in [1.29, 1.82) is 0 Å². The molecule has 0 spiro atoms. The molecule has 0 aliphatic carbocycles. The van der Waals surface area contributed by atoms with Gasteiger partial charge < -0.3 is 19.9 Å². The van der Waals surface area contributed by atoms with Crippen LogP contribution >= 0.6 is 0 Å². The SMILES string of the molecule is COc1cc(N2CCN(C(=O)NCc3ccncn3)CC2)ccc1F. The lowest BCUT2D eigenvalue weighted by Crippen LogP contribution is -2.51. The molecule has 7 nitrogen and oxygen atoms in total. The number of piperazine rings is 1. The van der Waals surface area contributed by atoms with Gasteiger partial charge in [0.1, 0.15) is 6.33 Å². The molecule has 1 aliphatic rings. The second-order valence-electron chi connectivity index (χ2n) is 5.65. The molecule has 2 amide bonds. The Morgan fingerprint density at radius 3 is 2.76 bits per heavy atom. The molecular formula is C17H20FN5O2. The zero-order valence-corrected chi connectivity index (χ0v) is 14.0. The van der Waals surface area contributed by atoms with Gasteiger partial charge in [0.25, 0.3) is 0 Å². The molecule has 1 aromatic carbocycles. The van der Waals surface area contributed by atoms with Crippen LogP contribution in [0.4, 0.5) is 14.9 Å². The molecule has 0 radical (unpaired) electrons. The van der Waals surface area contributed by atoms with E-state index in [0.29, 0.717) is 32.7 Å². The Morgan fingerprint density at radius 1 is 1.28 bits per heavy atom. The molecule has 1 fully saturated rings. The van der Waals surface area contributed by atoms with E-state index in [-0.39, 0.29) is 17.6 Å². The van der Waals surface area contributed by atoms with Crippen LogP contribution in [0.5, 0.6) is 5.75 Å². The van der Waals surface area contributed by atoms with E-state index in [2.05, 4.69) is 20.2 Å². The van der Waals surface area contributed by atoms with Gasteiger partial charge in [0.15, 0.2) is 11.6 Å². The van der Waals surface area contributed by atoms with Gasteiger partial charge >= 0.3 is 6.03 Å². The molecule has 25 heavy (non-hydrogen) atoms. The quantitative estimate of drug-likeness (QED) is 0.912. The Balaban J connectivity index is 1.52. The first-order valence-corrected chi connectivity index (χ1v) is 8.03. The first-order valence-electron chi connectivity index (χ1n) is 8.03. The molecule has 3 rings (SSSR count). The number of halogens is 1. The van der Waals surface area contributed by atoms with Gasteiger partial charge in [-0.2, -0.15) is 0 Å². The van der Waals surface area contributed by atoms with Crippen LogP contribution in [0, 0.1) is 5.82 Å². The highest BCUT2D eigenvalue weighted by Gasteiger charge is 2.21. The monoisotopic (exact) mass is 345 g/mol. The highest BCUT2D eigenvalue weighted by atomic mass is 19.1. The number of benzene rings is 1. The van der Waals surface area contributed by atoms with Crippen molar-refractivity contribution in [2.45, 2.75) is 6.54 Å². The van der Waals surface area contributed by atoms with Gasteiger partial charge in [0.05, 0.1) is 19.3 Å². The minimum atomic E-state index is -0.381. The van der Waals surface area contributed by atoms with Crippen molar-refractivity contribution in [2.24, 2.45) is 0 Å². The fourth-order valence-corrected chi connectivity index (χ4v) is 2.71. The van der Waals surface area contributed by atoms with Crippen molar-refractivity contribution >= 4 is 11.7 Å². The molecule has 1 N–H and O–H groups in total. The van der Waals surface area contributed by atoms with Crippen LogP contribution < -0.4 is 15.0 Å². The maximum Gasteiger partial charge on any atom is 0.317 e. The number of urea groups is 1. The molecule has 2 aromatic rings. The number of ether oxygens (including phenoxy) is 1. The van der Waals surface area contributed by atoms with Crippen molar-refractivity contribution in [2.75, 3.05) is 38.2 Å². The van der Waals surface area contributed by atoms with Crippen molar-refractivity contribution in [1.82, 2.24) is 20.2 Å². The van der Waals surface area contributed by atoms with Crippen LogP contribution in [0.2, 0.25) is 0 Å². The molecule has 0 unspecified atom stereocenters. The zero-order chi connectivity index (χ0) is 17.6. The molecule has 132 valence electrons. The summed E-state index contributed by atoms with van der Waals surface area (Å²) in [6.45, 7) is 2.91. The summed E-state index contributed by atoms with van der Waals surface area (Å²) in [4.78, 5) is 24.0. The lowest BCUT2D eigenvalue weighted by Gasteiger charge is -2.36. The second-order valence-corrected chi connectivity index (χ2v) is 5.65. The largest absolute Gasteiger partial charge is 0.494 e. The lowest BCUT2D eigenvalue weighted by atomic mass is 10.2. The molecule has 0 bridgehead atoms. The molecule has 1 saturated heterocycles. The third-order valence-electron chi connectivity index (χ3n) is 4.13. The van der Waals surface area contributed by atoms with Gasteiger partial charge in [-0.15, -0.1) is 0 Å². The Hall–Kier alpha value is -2.90. The number of hydrogen-bond donors (Lipinski definition) is 1. The van der Waals surface area contributed by atoms with Gasteiger partial charge in [0.2, 0.25) is 0 Å². The highest BCUT2D eigenvalue weighted by molar-refractivity contribution is 5.74. The molecule has 2 heterocycles. The Kier molecular flexibility index (Phi) is 5.27. The van der Waals surface area contributed by atoms with Gasteiger partial charge in [0, 0.05) is 44.1 Å². The van der Waals surface area contributed by atoms with Crippen LogP contribution in [-0.2, 0) is 6.54 Å². The zero-order valence-electron chi connectivity index (χ0n) is 14.0. The Labute approximate surface area is 145 Å². The molecule has 0 saturated carbocycles. The van der Waals surface area contributed by atoms with Crippen molar-refractivity contribution in [3.63, 3.8) is 0 Å². The minimum Gasteiger partial charge on any atom is -0.494 e. The van der Waals surface area contributed by atoms with E-state index in [4.69, 9.17) is 4.74 Å². The van der Waals surface area contributed by atoms with Crippen LogP contribution in [0.25, 0.3) is 0 Å². The van der Waals surface area contributed by atoms with E-state index in [1.54, 1.807) is 29.3 Å². The first kappa shape index (κ1) is 16.9. The summed E-state index contributed by atoms with van der Waals surface area (Å²) in [7, 11) is 1.45. The summed E-state index contributed by atoms with van der Waals surface area (Å²) < 4.78 is 18.5. The third kappa shape index (κ3) is 4.14. The number of aromatic nitrogens is 2. The average molecular weight is 345 g/mol. The lowest BCUT2D eigenvalue weighted by molar-refractivity contribution is 0.194. The van der Waals surface area contributed by atoms with E-state index in [9.17, 15) is 9.18 Å². The van der Waals surface area contributed by atoms with E-state index < -0.39 is 0 Å². The maximum atomic E-state index is 13.5. The molecule has 8 heteroatoms. The van der Waals surface area contributed by atoms with E-state index >= 15 is 0 Å². The molecule has 1 aliphatic heterocycles. The maximum absolute atomic E-state index is 13.5. The van der Waals surface area contributed by atoms with Gasteiger partial charge in [-0.25, -0.2) is 19.2 Å². The Bertz CT molecular complexity index is 720. The summed E-state index contributed by atoms with van der Waals surface area (Å²) in [5.41, 5.74) is 1.65. The minimum absolute atomic E-state index is 0.116. The topological polar surface area (TPSA) is 70.6 Å². The number of nitrogens with zero attached hydrogens (tertiary/aromatic N) is 4. The molecule has 1 aromatic heterocycles. The smallest absolute Gasteiger partial charge is 0.317 e. The van der Waals surface area contributed by atoms with Crippen LogP contribution in [0.3, 0.4) is 0 Å². The number of nitrogens with one attached hydrogen (secondary N) is 1. The summed E-state index contributed by atoms with van der Waals surface area (Å²) in [5.74, 6) is -0.156. The number of anilines is 1. The summed E-state index contributed by atoms with van der Waals surface area (Å²) in [5, 5.41) is 2.86. The number of carbonyl (C=O) groups is 1. The highest BCUT2D eigenvalue weighted by Crippen LogP contribution is 2.25. The molecule has 0 atom stereocenters. The number of amides is 2. The van der Waals surface area contributed by atoms with Crippen molar-refractivity contribution in [3.05, 3.63) is 48.3 Å². The normalized spacial score (nSPS) is 14.3. The first-order chi connectivity index (χ1) is 12.2.